The molecule has 3 aromatic rings. The molecule has 0 saturated carbocycles. The topological polar surface area (TPSA) is 91.2 Å². The van der Waals surface area contributed by atoms with Crippen molar-refractivity contribution in [3.05, 3.63) is 96.1 Å². The van der Waals surface area contributed by atoms with Crippen LogP contribution >= 0.6 is 0 Å². The second kappa shape index (κ2) is 16.1. The van der Waals surface area contributed by atoms with Crippen molar-refractivity contribution >= 4 is 17.5 Å². The molecule has 0 unspecified atom stereocenters. The minimum absolute atomic E-state index is 0.00732. The van der Waals surface area contributed by atoms with E-state index in [1.165, 1.54) is 0 Å². The maximum Gasteiger partial charge on any atom is 0.308 e. The van der Waals surface area contributed by atoms with Gasteiger partial charge >= 0.3 is 6.19 Å². The van der Waals surface area contributed by atoms with E-state index in [-0.39, 0.29) is 16.3 Å². The molecule has 0 radical (unpaired) electrons. The summed E-state index contributed by atoms with van der Waals surface area (Å²) in [5.41, 5.74) is 2.91. The number of nitrogens with one attached hydrogen (secondary N) is 2. The van der Waals surface area contributed by atoms with Crippen LogP contribution in [0.5, 0.6) is 5.75 Å². The molecule has 3 aromatic carbocycles. The molecule has 0 saturated heterocycles. The first kappa shape index (κ1) is 30.4. The molecule has 2 amide bonds. The van der Waals surface area contributed by atoms with Crippen molar-refractivity contribution in [1.29, 1.82) is 5.26 Å². The van der Waals surface area contributed by atoms with Crippen LogP contribution in [-0.4, -0.2) is 43.0 Å². The lowest BCUT2D eigenvalue weighted by Crippen LogP contribution is -2.54. The van der Waals surface area contributed by atoms with Crippen LogP contribution in [0.2, 0.25) is 0 Å². The minimum atomic E-state index is -0.469. The number of likely N-dealkylation sites (N-methyl/N-ethyl adjacent to an activating group) is 1. The highest BCUT2D eigenvalue weighted by Crippen LogP contribution is 2.18. The van der Waals surface area contributed by atoms with Crippen molar-refractivity contribution in [2.45, 2.75) is 57.6 Å². The third-order valence-electron chi connectivity index (χ3n) is 6.88. The van der Waals surface area contributed by atoms with Gasteiger partial charge in [0.25, 0.3) is 5.91 Å². The molecular weight excluding hydrogens is 500 g/mol. The zero-order valence-electron chi connectivity index (χ0n) is 23.6. The number of nitrogens with zero attached hydrogens (tertiary/aromatic N) is 2. The van der Waals surface area contributed by atoms with E-state index >= 15 is 0 Å². The highest BCUT2D eigenvalue weighted by atomic mass is 16.5. The smallest absolute Gasteiger partial charge is 0.308 e. The van der Waals surface area contributed by atoms with Gasteiger partial charge in [-0.3, -0.25) is 9.59 Å². The number of carbonyl (C=O) groups excluding carboxylic acids is 2. The van der Waals surface area contributed by atoms with Crippen molar-refractivity contribution in [2.24, 2.45) is 0 Å². The number of unbranched alkanes of at least 4 members (excludes halogenated alkanes) is 4. The molecule has 0 heterocycles. The second-order valence-corrected chi connectivity index (χ2v) is 10.5. The fraction of sp³-hybridized carbons (Fsp3) is 0.364. The van der Waals surface area contributed by atoms with Crippen molar-refractivity contribution in [1.82, 2.24) is 5.32 Å². The van der Waals surface area contributed by atoms with Gasteiger partial charge in [-0.25, -0.2) is 4.48 Å². The second-order valence-electron chi connectivity index (χ2n) is 10.5. The number of benzene rings is 3. The zero-order valence-corrected chi connectivity index (χ0v) is 23.6. The normalized spacial score (nSPS) is 11.7. The van der Waals surface area contributed by atoms with Crippen molar-refractivity contribution in [3.8, 4) is 11.9 Å². The van der Waals surface area contributed by atoms with Crippen molar-refractivity contribution < 1.29 is 18.8 Å². The molecule has 0 bridgehead atoms. The number of rotatable bonds is 16. The number of carbonyl (C=O) groups is 2. The third kappa shape index (κ3) is 10.5. The summed E-state index contributed by atoms with van der Waals surface area (Å²) < 4.78 is 5.76. The number of quaternary nitrogens is 1. The van der Waals surface area contributed by atoms with E-state index in [4.69, 9.17) is 4.74 Å². The average Bonchev–Trinajstić information content (AvgIpc) is 2.97. The van der Waals surface area contributed by atoms with Crippen LogP contribution in [0.1, 0.15) is 49.7 Å². The summed E-state index contributed by atoms with van der Waals surface area (Å²) in [6, 6.07) is 26.8. The van der Waals surface area contributed by atoms with Gasteiger partial charge in [0.15, 0.2) is 6.04 Å². The molecule has 0 aliphatic heterocycles. The Bertz CT molecular complexity index is 1220. The van der Waals surface area contributed by atoms with Crippen LogP contribution in [-0.2, 0) is 22.6 Å². The molecule has 210 valence electrons. The van der Waals surface area contributed by atoms with Crippen molar-refractivity contribution in [3.63, 3.8) is 0 Å². The first-order valence-electron chi connectivity index (χ1n) is 14.0. The standard InChI is InChI=1S/C33H40N4O3/c1-37(2,26-34)31(24-27-14-8-6-9-15-27)33(39)35-23-13-5-3-4-12-18-32(38)36-29-19-21-30(22-20-29)40-25-28-16-10-7-11-17-28/h6-11,14-17,19-22,31H,3-5,12-13,18,23-25H2,1-2H3,(H-,35,36,38,39)/p+1/t31-/m0/s1. The molecule has 7 nitrogen and oxygen atoms in total. The molecule has 2 N–H and O–H groups in total. The first-order chi connectivity index (χ1) is 19.4. The van der Waals surface area contributed by atoms with E-state index in [0.717, 1.165) is 54.7 Å². The van der Waals surface area contributed by atoms with Crippen LogP contribution in [0.25, 0.3) is 0 Å². The Morgan fingerprint density at radius 2 is 1.43 bits per heavy atom. The van der Waals surface area contributed by atoms with Crippen LogP contribution in [0.3, 0.4) is 0 Å². The Kier molecular flexibility index (Phi) is 12.2. The van der Waals surface area contributed by atoms with Crippen LogP contribution in [0.4, 0.5) is 5.69 Å². The van der Waals surface area contributed by atoms with Gasteiger partial charge in [-0.05, 0) is 48.2 Å². The maximum atomic E-state index is 12.9. The fourth-order valence-electron chi connectivity index (χ4n) is 4.39. The van der Waals surface area contributed by atoms with E-state index in [2.05, 4.69) is 16.8 Å². The molecule has 1 atom stereocenters. The monoisotopic (exact) mass is 541 g/mol. The summed E-state index contributed by atoms with van der Waals surface area (Å²) >= 11 is 0. The number of anilines is 1. The van der Waals surface area contributed by atoms with Gasteiger partial charge in [0, 0.05) is 25.1 Å². The average molecular weight is 542 g/mol. The van der Waals surface area contributed by atoms with E-state index in [1.807, 2.05) is 84.9 Å². The summed E-state index contributed by atoms with van der Waals surface area (Å²) in [6.45, 7) is 1.09. The summed E-state index contributed by atoms with van der Waals surface area (Å²) in [5.74, 6) is 0.674. The van der Waals surface area contributed by atoms with Crippen LogP contribution < -0.4 is 15.4 Å². The van der Waals surface area contributed by atoms with Crippen LogP contribution in [0.15, 0.2) is 84.9 Å². The summed E-state index contributed by atoms with van der Waals surface area (Å²) in [4.78, 5) is 25.2. The van der Waals surface area contributed by atoms with E-state index in [9.17, 15) is 14.9 Å². The van der Waals surface area contributed by atoms with E-state index < -0.39 is 6.04 Å². The van der Waals surface area contributed by atoms with Crippen LogP contribution in [0, 0.1) is 11.5 Å². The van der Waals surface area contributed by atoms with Gasteiger partial charge in [-0.15, -0.1) is 5.26 Å². The zero-order chi connectivity index (χ0) is 28.6. The van der Waals surface area contributed by atoms with Gasteiger partial charge in [-0.1, -0.05) is 79.9 Å². The Morgan fingerprint density at radius 3 is 2.08 bits per heavy atom. The predicted octanol–water partition coefficient (Wildman–Crippen LogP) is 5.83. The third-order valence-corrected chi connectivity index (χ3v) is 6.88. The number of hydrogen-bond acceptors (Lipinski definition) is 4. The Hall–Kier alpha value is -4.15. The highest BCUT2D eigenvalue weighted by molar-refractivity contribution is 5.90. The first-order valence-corrected chi connectivity index (χ1v) is 14.0. The predicted molar refractivity (Wildman–Crippen MR) is 158 cm³/mol. The molecule has 0 aliphatic carbocycles. The lowest BCUT2D eigenvalue weighted by atomic mass is 10.0. The summed E-state index contributed by atoms with van der Waals surface area (Å²) in [6.07, 6.45) is 7.87. The molecule has 3 rings (SSSR count). The number of hydrogen-bond donors (Lipinski definition) is 2. The molecule has 0 fully saturated rings. The fourth-order valence-corrected chi connectivity index (χ4v) is 4.39. The molecular formula is C33H41N4O3+. The number of amides is 2. The van der Waals surface area contributed by atoms with Gasteiger partial charge in [0.2, 0.25) is 5.91 Å². The van der Waals surface area contributed by atoms with E-state index in [1.54, 1.807) is 14.1 Å². The molecule has 0 spiro atoms. The highest BCUT2D eigenvalue weighted by Gasteiger charge is 2.35. The number of nitriles is 1. The quantitative estimate of drug-likeness (QED) is 0.136. The molecule has 0 aromatic heterocycles. The van der Waals surface area contributed by atoms with Gasteiger partial charge < -0.3 is 15.4 Å². The molecule has 40 heavy (non-hydrogen) atoms. The van der Waals surface area contributed by atoms with Gasteiger partial charge in [0.1, 0.15) is 12.4 Å². The Labute approximate surface area is 238 Å². The van der Waals surface area contributed by atoms with Crippen molar-refractivity contribution in [2.75, 3.05) is 26.0 Å². The summed E-state index contributed by atoms with van der Waals surface area (Å²) in [7, 11) is 3.53. The lowest BCUT2D eigenvalue weighted by molar-refractivity contribution is -0.841. The van der Waals surface area contributed by atoms with Gasteiger partial charge in [0.05, 0.1) is 14.1 Å². The van der Waals surface area contributed by atoms with E-state index in [0.29, 0.717) is 26.0 Å². The maximum absolute atomic E-state index is 12.9. The largest absolute Gasteiger partial charge is 0.489 e. The van der Waals surface area contributed by atoms with Gasteiger partial charge in [-0.2, -0.15) is 0 Å². The number of ether oxygens (including phenoxy) is 1. The Morgan fingerprint density at radius 1 is 0.825 bits per heavy atom. The molecule has 7 heteroatoms. The minimum Gasteiger partial charge on any atom is -0.489 e. The summed E-state index contributed by atoms with van der Waals surface area (Å²) in [5, 5.41) is 15.5. The molecule has 0 aliphatic rings. The Balaban J connectivity index is 1.27. The SMILES string of the molecule is C[N+](C)(C#N)[C@@H](Cc1ccccc1)C(=O)NCCCCCCCC(=O)Nc1ccc(OCc2ccccc2)cc1. The lowest BCUT2D eigenvalue weighted by Gasteiger charge is -2.28.